The summed E-state index contributed by atoms with van der Waals surface area (Å²) in [6.45, 7) is 8.94. The number of hydrogen-bond acceptors (Lipinski definition) is 7. The Bertz CT molecular complexity index is 1210. The van der Waals surface area contributed by atoms with E-state index < -0.39 is 0 Å². The van der Waals surface area contributed by atoms with Crippen molar-refractivity contribution in [2.24, 2.45) is 0 Å². The summed E-state index contributed by atoms with van der Waals surface area (Å²) in [6.07, 6.45) is 7.01. The van der Waals surface area contributed by atoms with Crippen molar-refractivity contribution in [3.8, 4) is 17.4 Å². The quantitative estimate of drug-likeness (QED) is 0.260. The van der Waals surface area contributed by atoms with Gasteiger partial charge in [0.05, 0.1) is 26.4 Å². The van der Waals surface area contributed by atoms with E-state index in [2.05, 4.69) is 60.0 Å². The molecule has 1 unspecified atom stereocenters. The Morgan fingerprint density at radius 3 is 2.37 bits per heavy atom. The predicted molar refractivity (Wildman–Crippen MR) is 165 cm³/mol. The average molecular weight is 560 g/mol. The first-order valence-electron chi connectivity index (χ1n) is 15.2. The number of methoxy groups -OCH3 is 1. The zero-order valence-corrected chi connectivity index (χ0v) is 24.9. The van der Waals surface area contributed by atoms with Crippen LogP contribution in [0, 0.1) is 0 Å². The van der Waals surface area contributed by atoms with Gasteiger partial charge in [-0.05, 0) is 68.0 Å². The highest BCUT2D eigenvalue weighted by molar-refractivity contribution is 5.59. The van der Waals surface area contributed by atoms with Crippen molar-refractivity contribution in [1.29, 1.82) is 0 Å². The van der Waals surface area contributed by atoms with Crippen LogP contribution in [0.1, 0.15) is 57.1 Å². The van der Waals surface area contributed by atoms with Crippen molar-refractivity contribution >= 4 is 11.5 Å². The highest BCUT2D eigenvalue weighted by atomic mass is 16.5. The van der Waals surface area contributed by atoms with Crippen molar-refractivity contribution in [2.75, 3.05) is 49.8 Å². The van der Waals surface area contributed by atoms with Crippen LogP contribution in [0.5, 0.6) is 17.4 Å². The van der Waals surface area contributed by atoms with Crippen LogP contribution in [0.2, 0.25) is 0 Å². The number of morpholine rings is 1. The van der Waals surface area contributed by atoms with Gasteiger partial charge in [-0.2, -0.15) is 4.98 Å². The fraction of sp³-hybridized carbons (Fsp3) is 0.500. The van der Waals surface area contributed by atoms with Gasteiger partial charge in [0, 0.05) is 43.5 Å². The fourth-order valence-electron chi connectivity index (χ4n) is 5.57. The fourth-order valence-corrected chi connectivity index (χ4v) is 5.57. The summed E-state index contributed by atoms with van der Waals surface area (Å²) in [5.74, 6) is 3.45. The molecule has 7 heteroatoms. The highest BCUT2D eigenvalue weighted by Crippen LogP contribution is 2.32. The lowest BCUT2D eigenvalue weighted by molar-refractivity contribution is 0.122. The Labute approximate surface area is 245 Å². The number of pyridine rings is 1. The van der Waals surface area contributed by atoms with Crippen molar-refractivity contribution in [3.63, 3.8) is 0 Å². The molecule has 0 radical (unpaired) electrons. The van der Waals surface area contributed by atoms with Crippen LogP contribution < -0.4 is 24.0 Å². The van der Waals surface area contributed by atoms with Gasteiger partial charge < -0.3 is 28.7 Å². The Morgan fingerprint density at radius 1 is 0.902 bits per heavy atom. The molecule has 3 aromatic rings. The monoisotopic (exact) mass is 559 g/mol. The Hall–Kier alpha value is -3.45. The molecule has 1 aromatic heterocycles. The molecule has 0 aliphatic carbocycles. The third kappa shape index (κ3) is 8.07. The minimum atomic E-state index is 0.226. The summed E-state index contributed by atoms with van der Waals surface area (Å²) >= 11 is 0. The van der Waals surface area contributed by atoms with E-state index in [1.165, 1.54) is 24.8 Å². The van der Waals surface area contributed by atoms with Crippen LogP contribution in [0.3, 0.4) is 0 Å². The van der Waals surface area contributed by atoms with Gasteiger partial charge in [0.15, 0.2) is 0 Å². The molecular weight excluding hydrogens is 514 g/mol. The van der Waals surface area contributed by atoms with E-state index in [9.17, 15) is 0 Å². The Kier molecular flexibility index (Phi) is 10.2. The van der Waals surface area contributed by atoms with Gasteiger partial charge in [-0.1, -0.05) is 44.0 Å². The zero-order valence-electron chi connectivity index (χ0n) is 24.9. The van der Waals surface area contributed by atoms with Gasteiger partial charge in [-0.25, -0.2) is 0 Å². The average Bonchev–Trinajstić information content (AvgIpc) is 3.27. The molecule has 0 bridgehead atoms. The molecule has 220 valence electrons. The first kappa shape index (κ1) is 29.1. The normalized spacial score (nSPS) is 18.5. The number of hydrogen-bond donors (Lipinski definition) is 0. The number of ether oxygens (including phenoxy) is 4. The third-order valence-electron chi connectivity index (χ3n) is 8.17. The first-order valence-corrected chi connectivity index (χ1v) is 15.2. The van der Waals surface area contributed by atoms with Gasteiger partial charge in [0.1, 0.15) is 23.9 Å². The van der Waals surface area contributed by atoms with E-state index in [-0.39, 0.29) is 6.10 Å². The van der Waals surface area contributed by atoms with Crippen LogP contribution in [-0.4, -0.2) is 57.1 Å². The van der Waals surface area contributed by atoms with Gasteiger partial charge in [0.25, 0.3) is 0 Å². The largest absolute Gasteiger partial charge is 0.497 e. The molecule has 2 aromatic carbocycles. The smallest absolute Gasteiger partial charge is 0.217 e. The molecule has 7 nitrogen and oxygen atoms in total. The summed E-state index contributed by atoms with van der Waals surface area (Å²) in [5, 5.41) is 0. The topological polar surface area (TPSA) is 56.3 Å². The SMILES string of the molecule is CC[C@@H](C)Oc1ccc(CC2CCCCCN2c2cc(N3CCOCC3)cc(OCc3ccc(OC)cc3)n2)cc1. The molecular formula is C34H45N3O4. The van der Waals surface area contributed by atoms with Gasteiger partial charge in [-0.15, -0.1) is 0 Å². The van der Waals surface area contributed by atoms with E-state index in [1.807, 2.05) is 24.3 Å². The lowest BCUT2D eigenvalue weighted by Crippen LogP contribution is -2.38. The van der Waals surface area contributed by atoms with Crippen LogP contribution in [0.15, 0.2) is 60.7 Å². The molecule has 5 rings (SSSR count). The number of rotatable bonds is 11. The van der Waals surface area contributed by atoms with E-state index >= 15 is 0 Å². The first-order chi connectivity index (χ1) is 20.1. The van der Waals surface area contributed by atoms with E-state index in [0.717, 1.165) is 80.7 Å². The minimum absolute atomic E-state index is 0.226. The van der Waals surface area contributed by atoms with Crippen molar-refractivity contribution in [3.05, 3.63) is 71.8 Å². The van der Waals surface area contributed by atoms with Crippen molar-refractivity contribution in [1.82, 2.24) is 4.98 Å². The molecule has 2 atom stereocenters. The van der Waals surface area contributed by atoms with E-state index in [4.69, 9.17) is 23.9 Å². The second kappa shape index (κ2) is 14.4. The molecule has 0 N–H and O–H groups in total. The van der Waals surface area contributed by atoms with E-state index in [1.54, 1.807) is 7.11 Å². The Morgan fingerprint density at radius 2 is 1.63 bits per heavy atom. The predicted octanol–water partition coefficient (Wildman–Crippen LogP) is 6.67. The van der Waals surface area contributed by atoms with Gasteiger partial charge in [-0.3, -0.25) is 0 Å². The lowest BCUT2D eigenvalue weighted by Gasteiger charge is -2.34. The number of benzene rings is 2. The van der Waals surface area contributed by atoms with Crippen molar-refractivity contribution in [2.45, 2.75) is 71.1 Å². The third-order valence-corrected chi connectivity index (χ3v) is 8.17. The second-order valence-electron chi connectivity index (χ2n) is 11.1. The maximum Gasteiger partial charge on any atom is 0.217 e. The molecule has 2 fully saturated rings. The number of nitrogens with zero attached hydrogens (tertiary/aromatic N) is 3. The summed E-state index contributed by atoms with van der Waals surface area (Å²) < 4.78 is 23.3. The summed E-state index contributed by atoms with van der Waals surface area (Å²) in [6, 6.07) is 21.4. The molecule has 41 heavy (non-hydrogen) atoms. The van der Waals surface area contributed by atoms with Crippen LogP contribution >= 0.6 is 0 Å². The zero-order chi connectivity index (χ0) is 28.4. The molecule has 2 aliphatic heterocycles. The number of aromatic nitrogens is 1. The van der Waals surface area contributed by atoms with Gasteiger partial charge >= 0.3 is 0 Å². The summed E-state index contributed by atoms with van der Waals surface area (Å²) in [4.78, 5) is 10.0. The molecule has 2 saturated heterocycles. The molecule has 0 amide bonds. The lowest BCUT2D eigenvalue weighted by atomic mass is 10.0. The molecule has 3 heterocycles. The maximum absolute atomic E-state index is 6.32. The maximum atomic E-state index is 6.32. The molecule has 0 saturated carbocycles. The van der Waals surface area contributed by atoms with E-state index in [0.29, 0.717) is 18.5 Å². The van der Waals surface area contributed by atoms with Crippen molar-refractivity contribution < 1.29 is 18.9 Å². The summed E-state index contributed by atoms with van der Waals surface area (Å²) in [7, 11) is 1.68. The minimum Gasteiger partial charge on any atom is -0.497 e. The Balaban J connectivity index is 1.38. The molecule has 2 aliphatic rings. The van der Waals surface area contributed by atoms with Gasteiger partial charge in [0.2, 0.25) is 5.88 Å². The van der Waals surface area contributed by atoms with Crippen LogP contribution in [0.25, 0.3) is 0 Å². The highest BCUT2D eigenvalue weighted by Gasteiger charge is 2.25. The second-order valence-corrected chi connectivity index (χ2v) is 11.1. The van der Waals surface area contributed by atoms with Crippen LogP contribution in [0.4, 0.5) is 11.5 Å². The summed E-state index contributed by atoms with van der Waals surface area (Å²) in [5.41, 5.74) is 3.57. The van der Waals surface area contributed by atoms with Crippen LogP contribution in [-0.2, 0) is 17.8 Å². The molecule has 0 spiro atoms. The standard InChI is InChI=1S/C34H45N3O4/c1-4-26(2)41-32-15-9-27(10-16-32)22-29-8-6-5-7-17-37(29)33-23-30(36-18-20-39-21-19-36)24-34(35-33)40-25-28-11-13-31(38-3)14-12-28/h9-16,23-24,26,29H,4-8,17-22,25H2,1-3H3/t26-,29?/m1/s1. The number of anilines is 2.